The Hall–Kier alpha value is -2.91. The maximum Gasteiger partial charge on any atom is 0.410 e. The van der Waals surface area contributed by atoms with Crippen molar-refractivity contribution in [2.45, 2.75) is 30.9 Å². The van der Waals surface area contributed by atoms with E-state index in [-0.39, 0.29) is 26.1 Å². The molecule has 8 nitrogen and oxygen atoms in total. The zero-order chi connectivity index (χ0) is 20.9. The summed E-state index contributed by atoms with van der Waals surface area (Å²) in [6.45, 7) is -0.0828. The summed E-state index contributed by atoms with van der Waals surface area (Å²) in [5.74, 6) is -0.503. The predicted octanol–water partition coefficient (Wildman–Crippen LogP) is 1.97. The number of carbonyl (C=O) groups is 2. The van der Waals surface area contributed by atoms with Gasteiger partial charge in [0.05, 0.1) is 0 Å². The third-order valence-corrected chi connectivity index (χ3v) is 5.92. The Labute approximate surface area is 169 Å². The SMILES string of the molecule is O=C(NCc1ccccc1)[C@@H]1C[C@H](S(=O)(=O)O)CN1C(=O)OCc1ccccc1. The molecule has 3 rings (SSSR count). The number of benzene rings is 2. The van der Waals surface area contributed by atoms with E-state index < -0.39 is 33.4 Å². The van der Waals surface area contributed by atoms with Gasteiger partial charge < -0.3 is 10.1 Å². The normalized spacial score (nSPS) is 19.0. The second-order valence-corrected chi connectivity index (χ2v) is 8.48. The Morgan fingerprint density at radius 1 is 1.03 bits per heavy atom. The van der Waals surface area contributed by atoms with E-state index in [2.05, 4.69) is 5.32 Å². The zero-order valence-electron chi connectivity index (χ0n) is 15.6. The molecule has 2 atom stereocenters. The molecule has 2 aromatic carbocycles. The fourth-order valence-corrected chi connectivity index (χ4v) is 3.94. The number of carbonyl (C=O) groups excluding carboxylic acids is 2. The lowest BCUT2D eigenvalue weighted by molar-refractivity contribution is -0.125. The highest BCUT2D eigenvalue weighted by Gasteiger charge is 2.45. The van der Waals surface area contributed by atoms with Crippen molar-refractivity contribution in [3.8, 4) is 0 Å². The van der Waals surface area contributed by atoms with E-state index in [0.29, 0.717) is 0 Å². The minimum Gasteiger partial charge on any atom is -0.445 e. The summed E-state index contributed by atoms with van der Waals surface area (Å²) in [4.78, 5) is 26.2. The molecule has 0 saturated carbocycles. The molecular formula is C20H22N2O6S. The van der Waals surface area contributed by atoms with Crippen molar-refractivity contribution in [2.75, 3.05) is 6.54 Å². The van der Waals surface area contributed by atoms with E-state index in [0.717, 1.165) is 16.0 Å². The van der Waals surface area contributed by atoms with Crippen LogP contribution in [0.25, 0.3) is 0 Å². The fourth-order valence-electron chi connectivity index (χ4n) is 3.17. The molecule has 29 heavy (non-hydrogen) atoms. The van der Waals surface area contributed by atoms with E-state index >= 15 is 0 Å². The lowest BCUT2D eigenvalue weighted by atomic mass is 10.2. The topological polar surface area (TPSA) is 113 Å². The van der Waals surface area contributed by atoms with E-state index in [4.69, 9.17) is 4.74 Å². The highest BCUT2D eigenvalue weighted by atomic mass is 32.2. The molecule has 0 aliphatic carbocycles. The van der Waals surface area contributed by atoms with Gasteiger partial charge in [-0.15, -0.1) is 0 Å². The minimum absolute atomic E-state index is 0.00886. The van der Waals surface area contributed by atoms with Crippen molar-refractivity contribution >= 4 is 22.1 Å². The lowest BCUT2D eigenvalue weighted by Crippen LogP contribution is -2.45. The fraction of sp³-hybridized carbons (Fsp3) is 0.300. The molecule has 1 fully saturated rings. The largest absolute Gasteiger partial charge is 0.445 e. The van der Waals surface area contributed by atoms with Crippen molar-refractivity contribution in [1.82, 2.24) is 10.2 Å². The van der Waals surface area contributed by atoms with Crippen molar-refractivity contribution < 1.29 is 27.3 Å². The zero-order valence-corrected chi connectivity index (χ0v) is 16.4. The van der Waals surface area contributed by atoms with Crippen LogP contribution >= 0.6 is 0 Å². The number of amides is 2. The van der Waals surface area contributed by atoms with Gasteiger partial charge in [0.2, 0.25) is 5.91 Å². The molecule has 1 aliphatic rings. The Bertz CT molecular complexity index is 886. The van der Waals surface area contributed by atoms with Crippen LogP contribution in [-0.2, 0) is 32.8 Å². The van der Waals surface area contributed by atoms with Crippen LogP contribution in [0.3, 0.4) is 0 Å². The molecule has 0 spiro atoms. The van der Waals surface area contributed by atoms with Gasteiger partial charge in [-0.1, -0.05) is 60.7 Å². The molecule has 0 radical (unpaired) electrons. The maximum atomic E-state index is 12.6. The summed E-state index contributed by atoms with van der Waals surface area (Å²) in [5, 5.41) is 1.47. The van der Waals surface area contributed by atoms with Crippen LogP contribution in [0.2, 0.25) is 0 Å². The summed E-state index contributed by atoms with van der Waals surface area (Å²) < 4.78 is 37.8. The first-order chi connectivity index (χ1) is 13.8. The molecule has 1 aliphatic heterocycles. The summed E-state index contributed by atoms with van der Waals surface area (Å²) >= 11 is 0. The van der Waals surface area contributed by atoms with E-state index in [1.165, 1.54) is 0 Å². The summed E-state index contributed by atoms with van der Waals surface area (Å²) in [6, 6.07) is 17.1. The van der Waals surface area contributed by atoms with Gasteiger partial charge in [0.25, 0.3) is 10.1 Å². The Balaban J connectivity index is 1.67. The lowest BCUT2D eigenvalue weighted by Gasteiger charge is -2.23. The van der Waals surface area contributed by atoms with E-state index in [1.807, 2.05) is 36.4 Å². The van der Waals surface area contributed by atoms with Gasteiger partial charge in [-0.2, -0.15) is 8.42 Å². The number of likely N-dealkylation sites (tertiary alicyclic amines) is 1. The summed E-state index contributed by atoms with van der Waals surface area (Å²) in [6.07, 6.45) is -1.00. The van der Waals surface area contributed by atoms with Crippen LogP contribution < -0.4 is 5.32 Å². The first-order valence-electron chi connectivity index (χ1n) is 9.10. The smallest absolute Gasteiger partial charge is 0.410 e. The van der Waals surface area contributed by atoms with E-state index in [9.17, 15) is 22.6 Å². The van der Waals surface area contributed by atoms with Gasteiger partial charge >= 0.3 is 6.09 Å². The van der Waals surface area contributed by atoms with Gasteiger partial charge in [-0.05, 0) is 17.5 Å². The Morgan fingerprint density at radius 2 is 1.62 bits per heavy atom. The Kier molecular flexibility index (Phi) is 6.50. The maximum absolute atomic E-state index is 12.6. The first kappa shape index (κ1) is 20.8. The van der Waals surface area contributed by atoms with Crippen molar-refractivity contribution in [3.05, 3.63) is 71.8 Å². The standard InChI is InChI=1S/C20H22N2O6S/c23-19(21-12-15-7-3-1-4-8-15)18-11-17(29(25,26)27)13-22(18)20(24)28-14-16-9-5-2-6-10-16/h1-10,17-18H,11-14H2,(H,21,23)(H,25,26,27)/t17-,18-/m0/s1. The van der Waals surface area contributed by atoms with E-state index in [1.54, 1.807) is 24.3 Å². The molecule has 1 heterocycles. The Morgan fingerprint density at radius 3 is 2.21 bits per heavy atom. The second kappa shape index (κ2) is 9.06. The third-order valence-electron chi connectivity index (χ3n) is 4.74. The quantitative estimate of drug-likeness (QED) is 0.694. The molecule has 1 saturated heterocycles. The van der Waals surface area contributed by atoms with Gasteiger partial charge in [-0.3, -0.25) is 14.2 Å². The number of nitrogens with one attached hydrogen (secondary N) is 1. The minimum atomic E-state index is -4.40. The number of nitrogens with zero attached hydrogens (tertiary/aromatic N) is 1. The van der Waals surface area contributed by atoms with Crippen molar-refractivity contribution in [3.63, 3.8) is 0 Å². The van der Waals surface area contributed by atoms with Crippen LogP contribution in [0.4, 0.5) is 4.79 Å². The van der Waals surface area contributed by atoms with Gasteiger partial charge in [-0.25, -0.2) is 4.79 Å². The van der Waals surface area contributed by atoms with Crippen LogP contribution in [0.1, 0.15) is 17.5 Å². The molecule has 154 valence electrons. The van der Waals surface area contributed by atoms with Gasteiger partial charge in [0.15, 0.2) is 0 Å². The molecule has 0 aromatic heterocycles. The number of hydrogen-bond donors (Lipinski definition) is 2. The molecule has 2 amide bonds. The monoisotopic (exact) mass is 418 g/mol. The van der Waals surface area contributed by atoms with Crippen LogP contribution in [0, 0.1) is 0 Å². The molecule has 0 unspecified atom stereocenters. The van der Waals surface area contributed by atoms with Crippen molar-refractivity contribution in [2.24, 2.45) is 0 Å². The first-order valence-corrected chi connectivity index (χ1v) is 10.6. The number of hydrogen-bond acceptors (Lipinski definition) is 5. The predicted molar refractivity (Wildman–Crippen MR) is 105 cm³/mol. The molecule has 0 bridgehead atoms. The molecule has 9 heteroatoms. The molecule has 2 aromatic rings. The highest BCUT2D eigenvalue weighted by molar-refractivity contribution is 7.86. The second-order valence-electron chi connectivity index (χ2n) is 6.78. The molecule has 2 N–H and O–H groups in total. The molecular weight excluding hydrogens is 396 g/mol. The van der Waals surface area contributed by atoms with Crippen molar-refractivity contribution in [1.29, 1.82) is 0 Å². The van der Waals surface area contributed by atoms with Crippen LogP contribution in [0.15, 0.2) is 60.7 Å². The summed E-state index contributed by atoms with van der Waals surface area (Å²) in [7, 11) is -4.40. The third kappa shape index (κ3) is 5.55. The highest BCUT2D eigenvalue weighted by Crippen LogP contribution is 2.24. The van der Waals surface area contributed by atoms with Crippen LogP contribution in [-0.4, -0.2) is 47.7 Å². The van der Waals surface area contributed by atoms with Crippen LogP contribution in [0.5, 0.6) is 0 Å². The average molecular weight is 418 g/mol. The summed E-state index contributed by atoms with van der Waals surface area (Å²) in [5.41, 5.74) is 1.62. The number of ether oxygens (including phenoxy) is 1. The van der Waals surface area contributed by atoms with Gasteiger partial charge in [0, 0.05) is 13.1 Å². The average Bonchev–Trinajstić information content (AvgIpc) is 3.18. The van der Waals surface area contributed by atoms with Gasteiger partial charge in [0.1, 0.15) is 17.9 Å². The number of rotatable bonds is 6.